The Bertz CT molecular complexity index is 810. The molecule has 0 unspecified atom stereocenters. The highest BCUT2D eigenvalue weighted by Gasteiger charge is 2.22. The maximum Gasteiger partial charge on any atom is 0.251 e. The molecule has 7 nitrogen and oxygen atoms in total. The molecule has 0 radical (unpaired) electrons. The van der Waals surface area contributed by atoms with Crippen LogP contribution in [0.1, 0.15) is 48.0 Å². The summed E-state index contributed by atoms with van der Waals surface area (Å²) in [5, 5.41) is 11.1. The number of hydrogen-bond donors (Lipinski definition) is 2. The van der Waals surface area contributed by atoms with Gasteiger partial charge in [-0.3, -0.25) is 4.79 Å². The molecule has 158 valence electrons. The molecule has 0 spiro atoms. The molecule has 7 heteroatoms. The van der Waals surface area contributed by atoms with E-state index in [0.29, 0.717) is 24.8 Å². The fourth-order valence-corrected chi connectivity index (χ4v) is 3.86. The van der Waals surface area contributed by atoms with Crippen molar-refractivity contribution in [2.75, 3.05) is 26.9 Å². The van der Waals surface area contributed by atoms with Gasteiger partial charge in [-0.25, -0.2) is 4.98 Å². The predicted octanol–water partition coefficient (Wildman–Crippen LogP) is 2.94. The number of carbonyl (C=O) groups is 1. The van der Waals surface area contributed by atoms with Gasteiger partial charge in [0.2, 0.25) is 0 Å². The maximum atomic E-state index is 12.7. The monoisotopic (exact) mass is 401 g/mol. The fraction of sp³-hybridized carbons (Fsp3) is 0.545. The molecule has 4 rings (SSSR count). The minimum absolute atomic E-state index is 0.0168. The summed E-state index contributed by atoms with van der Waals surface area (Å²) in [6.45, 7) is 3.95. The number of amides is 1. The van der Waals surface area contributed by atoms with Gasteiger partial charge in [-0.2, -0.15) is 0 Å². The number of carbonyl (C=O) groups excluding carboxylic acids is 1. The first-order valence-electron chi connectivity index (χ1n) is 10.3. The standard InChI is InChI=1S/C19H23N3O2.C3H8O2/c1-13-9-14(19(23)21-15-5-3-2-4-6-15)10-16-17-11-20-12-22(17)7-8-24-18(13)16;1-5-3-2-4/h9-12,15H,2-8H2,1H3,(H,21,23);4H,2-3H2,1H3. The van der Waals surface area contributed by atoms with Crippen LogP contribution >= 0.6 is 0 Å². The first kappa shape index (κ1) is 21.3. The Morgan fingerprint density at radius 1 is 1.34 bits per heavy atom. The number of imidazole rings is 1. The highest BCUT2D eigenvalue weighted by molar-refractivity contribution is 5.96. The lowest BCUT2D eigenvalue weighted by Gasteiger charge is -2.23. The van der Waals surface area contributed by atoms with Gasteiger partial charge in [0, 0.05) is 24.3 Å². The minimum Gasteiger partial charge on any atom is -0.491 e. The van der Waals surface area contributed by atoms with Crippen LogP contribution in [0.4, 0.5) is 0 Å². The minimum atomic E-state index is 0.0168. The van der Waals surface area contributed by atoms with Crippen molar-refractivity contribution in [2.24, 2.45) is 0 Å². The summed E-state index contributed by atoms with van der Waals surface area (Å²) < 4.78 is 12.4. The summed E-state index contributed by atoms with van der Waals surface area (Å²) in [7, 11) is 1.55. The van der Waals surface area contributed by atoms with Gasteiger partial charge in [-0.05, 0) is 37.5 Å². The number of nitrogens with one attached hydrogen (secondary N) is 1. The summed E-state index contributed by atoms with van der Waals surface area (Å²) in [6, 6.07) is 4.19. The lowest BCUT2D eigenvalue weighted by atomic mass is 9.95. The van der Waals surface area contributed by atoms with Gasteiger partial charge < -0.3 is 24.5 Å². The van der Waals surface area contributed by atoms with Gasteiger partial charge >= 0.3 is 0 Å². The van der Waals surface area contributed by atoms with E-state index in [1.165, 1.54) is 19.3 Å². The highest BCUT2D eigenvalue weighted by Crippen LogP contribution is 2.36. The van der Waals surface area contributed by atoms with Crippen LogP contribution in [0, 0.1) is 6.92 Å². The molecule has 1 aromatic heterocycles. The van der Waals surface area contributed by atoms with E-state index in [-0.39, 0.29) is 12.5 Å². The summed E-state index contributed by atoms with van der Waals surface area (Å²) in [5.41, 5.74) is 3.67. The fourth-order valence-electron chi connectivity index (χ4n) is 3.86. The maximum absolute atomic E-state index is 12.7. The number of aryl methyl sites for hydroxylation is 1. The smallest absolute Gasteiger partial charge is 0.251 e. The second-order valence-electron chi connectivity index (χ2n) is 7.52. The zero-order valence-electron chi connectivity index (χ0n) is 17.3. The van der Waals surface area contributed by atoms with Crippen LogP contribution in [0.2, 0.25) is 0 Å². The summed E-state index contributed by atoms with van der Waals surface area (Å²) >= 11 is 0. The van der Waals surface area contributed by atoms with Crippen LogP contribution < -0.4 is 10.1 Å². The zero-order valence-corrected chi connectivity index (χ0v) is 17.3. The lowest BCUT2D eigenvalue weighted by molar-refractivity contribution is 0.0927. The molecule has 1 aromatic carbocycles. The molecule has 2 aliphatic rings. The second kappa shape index (κ2) is 10.4. The van der Waals surface area contributed by atoms with E-state index >= 15 is 0 Å². The van der Waals surface area contributed by atoms with Crippen LogP contribution in [0.3, 0.4) is 0 Å². The van der Waals surface area contributed by atoms with Gasteiger partial charge in [-0.15, -0.1) is 0 Å². The second-order valence-corrected chi connectivity index (χ2v) is 7.52. The van der Waals surface area contributed by atoms with Gasteiger partial charge in [0.1, 0.15) is 12.4 Å². The first-order chi connectivity index (χ1) is 14.1. The van der Waals surface area contributed by atoms with E-state index in [2.05, 4.69) is 19.6 Å². The molecule has 1 aliphatic heterocycles. The quantitative estimate of drug-likeness (QED) is 0.823. The van der Waals surface area contributed by atoms with E-state index in [9.17, 15) is 4.79 Å². The van der Waals surface area contributed by atoms with Crippen LogP contribution in [0.15, 0.2) is 24.7 Å². The largest absolute Gasteiger partial charge is 0.491 e. The SMILES string of the molecule is COCCO.Cc1cc(C(=O)NC2CCCCC2)cc2c1OCCn1cncc1-2. The van der Waals surface area contributed by atoms with Crippen LogP contribution in [-0.2, 0) is 11.3 Å². The van der Waals surface area contributed by atoms with Crippen molar-refractivity contribution in [1.29, 1.82) is 0 Å². The van der Waals surface area contributed by atoms with E-state index in [4.69, 9.17) is 9.84 Å². The molecule has 29 heavy (non-hydrogen) atoms. The normalized spacial score (nSPS) is 15.8. The first-order valence-corrected chi connectivity index (χ1v) is 10.3. The molecule has 0 atom stereocenters. The number of rotatable bonds is 4. The van der Waals surface area contributed by atoms with Crippen LogP contribution in [-0.4, -0.2) is 53.5 Å². The number of aliphatic hydroxyl groups excluding tert-OH is 1. The molecule has 2 N–H and O–H groups in total. The molecular formula is C22H31N3O4. The third kappa shape index (κ3) is 5.36. The lowest BCUT2D eigenvalue weighted by Crippen LogP contribution is -2.36. The van der Waals surface area contributed by atoms with Crippen molar-refractivity contribution in [3.63, 3.8) is 0 Å². The Balaban J connectivity index is 0.000000431. The number of nitrogens with zero attached hydrogens (tertiary/aromatic N) is 2. The summed E-state index contributed by atoms with van der Waals surface area (Å²) in [4.78, 5) is 17.0. The molecule has 1 saturated carbocycles. The Morgan fingerprint density at radius 2 is 2.14 bits per heavy atom. The Hall–Kier alpha value is -2.38. The van der Waals surface area contributed by atoms with E-state index in [1.807, 2.05) is 31.6 Å². The molecule has 1 aliphatic carbocycles. The number of ether oxygens (including phenoxy) is 2. The van der Waals surface area contributed by atoms with Crippen molar-refractivity contribution >= 4 is 5.91 Å². The summed E-state index contributed by atoms with van der Waals surface area (Å²) in [5.74, 6) is 0.881. The van der Waals surface area contributed by atoms with Gasteiger partial charge in [0.15, 0.2) is 0 Å². The number of benzene rings is 1. The molecule has 2 aromatic rings. The molecule has 1 fully saturated rings. The third-order valence-corrected chi connectivity index (χ3v) is 5.34. The van der Waals surface area contributed by atoms with Gasteiger partial charge in [-0.1, -0.05) is 19.3 Å². The van der Waals surface area contributed by atoms with Crippen molar-refractivity contribution < 1.29 is 19.4 Å². The molecular weight excluding hydrogens is 370 g/mol. The zero-order chi connectivity index (χ0) is 20.6. The molecule has 1 amide bonds. The van der Waals surface area contributed by atoms with E-state index in [0.717, 1.165) is 42.0 Å². The van der Waals surface area contributed by atoms with E-state index in [1.54, 1.807) is 7.11 Å². The van der Waals surface area contributed by atoms with Crippen LogP contribution in [0.25, 0.3) is 11.3 Å². The average Bonchev–Trinajstić information content (AvgIpc) is 3.12. The van der Waals surface area contributed by atoms with Crippen molar-refractivity contribution in [3.8, 4) is 17.0 Å². The molecule has 0 saturated heterocycles. The predicted molar refractivity (Wildman–Crippen MR) is 111 cm³/mol. The van der Waals surface area contributed by atoms with Crippen LogP contribution in [0.5, 0.6) is 5.75 Å². The highest BCUT2D eigenvalue weighted by atomic mass is 16.5. The van der Waals surface area contributed by atoms with Gasteiger partial charge in [0.05, 0.1) is 38.0 Å². The Labute approximate surface area is 172 Å². The number of aliphatic hydroxyl groups is 1. The number of aromatic nitrogens is 2. The van der Waals surface area contributed by atoms with Crippen molar-refractivity contribution in [2.45, 2.75) is 51.6 Å². The van der Waals surface area contributed by atoms with Gasteiger partial charge in [0.25, 0.3) is 5.91 Å². The topological polar surface area (TPSA) is 85.6 Å². The Morgan fingerprint density at radius 3 is 2.83 bits per heavy atom. The van der Waals surface area contributed by atoms with E-state index < -0.39 is 0 Å². The van der Waals surface area contributed by atoms with Crippen molar-refractivity contribution in [1.82, 2.24) is 14.9 Å². The summed E-state index contributed by atoms with van der Waals surface area (Å²) in [6.07, 6.45) is 9.54. The average molecular weight is 402 g/mol. The molecule has 0 bridgehead atoms. The number of fused-ring (bicyclic) bond motifs is 3. The third-order valence-electron chi connectivity index (χ3n) is 5.34. The number of hydrogen-bond acceptors (Lipinski definition) is 5. The Kier molecular flexibility index (Phi) is 7.66. The van der Waals surface area contributed by atoms with Crippen molar-refractivity contribution in [3.05, 3.63) is 35.8 Å². The molecule has 2 heterocycles. The number of methoxy groups -OCH3 is 1.